The molecule has 0 spiro atoms. The molecule has 0 saturated carbocycles. The lowest BCUT2D eigenvalue weighted by Gasteiger charge is -2.20. The van der Waals surface area contributed by atoms with E-state index in [2.05, 4.69) is 154 Å². The minimum Gasteiger partial charge on any atom is -0.458 e. The van der Waals surface area contributed by atoms with Crippen molar-refractivity contribution < 1.29 is 9.30 Å². The summed E-state index contributed by atoms with van der Waals surface area (Å²) in [6, 6.07) is 40.2. The first-order valence-corrected chi connectivity index (χ1v) is 17.4. The van der Waals surface area contributed by atoms with Gasteiger partial charge in [0.05, 0.1) is 16.7 Å². The van der Waals surface area contributed by atoms with Crippen molar-refractivity contribution in [2.45, 2.75) is 52.4 Å². The van der Waals surface area contributed by atoms with Gasteiger partial charge in [-0.2, -0.15) is 0 Å². The Hall–Kier alpha value is -6.01. The molecular weight excluding hydrogens is 627 g/mol. The third kappa shape index (κ3) is 6.30. The highest BCUT2D eigenvalue weighted by molar-refractivity contribution is 6.10. The second-order valence-electron chi connectivity index (χ2n) is 15.2. The number of ether oxygens (including phenoxy) is 1. The van der Waals surface area contributed by atoms with E-state index in [9.17, 15) is 0 Å². The molecule has 6 nitrogen and oxygen atoms in total. The summed E-state index contributed by atoms with van der Waals surface area (Å²) in [7, 11) is 0. The van der Waals surface area contributed by atoms with Crippen LogP contribution in [0.3, 0.4) is 0 Å². The summed E-state index contributed by atoms with van der Waals surface area (Å²) in [5.41, 5.74) is 8.07. The number of nitrogens with zero attached hydrogens (tertiary/aromatic N) is 5. The van der Waals surface area contributed by atoms with Crippen LogP contribution in [0.15, 0.2) is 140 Å². The number of benzene rings is 4. The maximum Gasteiger partial charge on any atom is 0.270 e. The minimum absolute atomic E-state index is 0.0167. The van der Waals surface area contributed by atoms with Gasteiger partial charge in [-0.3, -0.25) is 18.7 Å². The van der Waals surface area contributed by atoms with Crippen LogP contribution in [0.5, 0.6) is 11.5 Å². The van der Waals surface area contributed by atoms with Crippen LogP contribution in [-0.4, -0.2) is 19.1 Å². The maximum absolute atomic E-state index is 6.54. The molecule has 0 atom stereocenters. The molecule has 8 aromatic rings. The Morgan fingerprint density at radius 3 is 2.14 bits per heavy atom. The molecule has 4 heterocycles. The predicted molar refractivity (Wildman–Crippen MR) is 205 cm³/mol. The van der Waals surface area contributed by atoms with Crippen molar-refractivity contribution in [2.24, 2.45) is 0 Å². The average Bonchev–Trinajstić information content (AvgIpc) is 3.75. The van der Waals surface area contributed by atoms with Gasteiger partial charge in [-0.25, -0.2) is 4.98 Å². The monoisotopic (exact) mass is 667 g/mol. The van der Waals surface area contributed by atoms with Crippen LogP contribution >= 0.6 is 0 Å². The summed E-state index contributed by atoms with van der Waals surface area (Å²) < 4.78 is 12.7. The fraction of sp³-hybridized carbons (Fsp3) is 0.178. The summed E-state index contributed by atoms with van der Waals surface area (Å²) in [5.74, 6) is 3.00. The number of hydrogen-bond acceptors (Lipinski definition) is 3. The summed E-state index contributed by atoms with van der Waals surface area (Å²) in [6.07, 6.45) is 11.1. The summed E-state index contributed by atoms with van der Waals surface area (Å²) in [4.78, 5) is 9.52. The highest BCUT2D eigenvalue weighted by atomic mass is 16.5. The molecule has 0 aliphatic carbocycles. The molecule has 6 heteroatoms. The molecule has 0 radical (unpaired) electrons. The van der Waals surface area contributed by atoms with Crippen molar-refractivity contribution in [3.8, 4) is 39.9 Å². The normalized spacial score (nSPS) is 12.1. The molecule has 0 amide bonds. The smallest absolute Gasteiger partial charge is 0.270 e. The van der Waals surface area contributed by atoms with Crippen LogP contribution in [-0.2, 0) is 10.8 Å². The van der Waals surface area contributed by atoms with Gasteiger partial charge >= 0.3 is 0 Å². The topological polar surface area (TPSA) is 48.8 Å². The molecule has 0 fully saturated rings. The molecule has 8 rings (SSSR count). The second kappa shape index (κ2) is 12.4. The van der Waals surface area contributed by atoms with Gasteiger partial charge in [-0.05, 0) is 87.7 Å². The number of rotatable bonds is 6. The van der Waals surface area contributed by atoms with Crippen molar-refractivity contribution in [1.29, 1.82) is 0 Å². The number of fused-ring (bicyclic) bond motifs is 3. The number of imidazole rings is 1. The fourth-order valence-corrected chi connectivity index (χ4v) is 6.57. The lowest BCUT2D eigenvalue weighted by atomic mass is 9.87. The van der Waals surface area contributed by atoms with Gasteiger partial charge in [-0.1, -0.05) is 90.1 Å². The van der Waals surface area contributed by atoms with Crippen molar-refractivity contribution in [1.82, 2.24) is 19.1 Å². The molecule has 0 saturated heterocycles. The minimum atomic E-state index is -0.0167. The van der Waals surface area contributed by atoms with Crippen LogP contribution in [0.4, 0.5) is 0 Å². The Morgan fingerprint density at radius 1 is 0.588 bits per heavy atom. The number of aromatic nitrogens is 5. The highest BCUT2D eigenvalue weighted by Crippen LogP contribution is 2.38. The molecule has 0 bridgehead atoms. The van der Waals surface area contributed by atoms with Crippen molar-refractivity contribution in [3.05, 3.63) is 158 Å². The highest BCUT2D eigenvalue weighted by Gasteiger charge is 2.19. The zero-order chi connectivity index (χ0) is 35.3. The first-order valence-electron chi connectivity index (χ1n) is 17.4. The Morgan fingerprint density at radius 2 is 1.33 bits per heavy atom. The van der Waals surface area contributed by atoms with E-state index in [1.54, 1.807) is 6.20 Å². The Bertz CT molecular complexity index is 2530. The fourth-order valence-electron chi connectivity index (χ4n) is 6.57. The van der Waals surface area contributed by atoms with Crippen LogP contribution < -0.4 is 9.30 Å². The lowest BCUT2D eigenvalue weighted by molar-refractivity contribution is -0.599. The summed E-state index contributed by atoms with van der Waals surface area (Å²) in [5, 5.41) is 2.30. The van der Waals surface area contributed by atoms with E-state index >= 15 is 0 Å². The van der Waals surface area contributed by atoms with Crippen molar-refractivity contribution in [2.75, 3.05) is 0 Å². The van der Waals surface area contributed by atoms with E-state index in [1.807, 2.05) is 45.9 Å². The first-order chi connectivity index (χ1) is 24.5. The van der Waals surface area contributed by atoms with Gasteiger partial charge in [0.2, 0.25) is 0 Å². The van der Waals surface area contributed by atoms with Gasteiger partial charge in [-0.15, -0.1) is 0 Å². The lowest BCUT2D eigenvalue weighted by Crippen LogP contribution is -2.29. The summed E-state index contributed by atoms with van der Waals surface area (Å²) in [6.45, 7) is 13.4. The van der Waals surface area contributed by atoms with E-state index in [0.29, 0.717) is 11.6 Å². The van der Waals surface area contributed by atoms with Crippen LogP contribution in [0.2, 0.25) is 0 Å². The zero-order valence-corrected chi connectivity index (χ0v) is 29.9. The van der Waals surface area contributed by atoms with Crippen LogP contribution in [0.1, 0.15) is 52.7 Å². The number of pyridine rings is 2. The number of hydrogen-bond donors (Lipinski definition) is 0. The van der Waals surface area contributed by atoms with Crippen LogP contribution in [0.25, 0.3) is 50.3 Å². The molecule has 0 N–H and O–H groups in total. The van der Waals surface area contributed by atoms with E-state index in [4.69, 9.17) is 9.72 Å². The van der Waals surface area contributed by atoms with E-state index in [1.165, 1.54) is 22.3 Å². The van der Waals surface area contributed by atoms with Crippen molar-refractivity contribution in [3.63, 3.8) is 0 Å². The van der Waals surface area contributed by atoms with Crippen molar-refractivity contribution >= 4 is 21.8 Å². The molecule has 51 heavy (non-hydrogen) atoms. The molecule has 0 unspecified atom stereocenters. The quantitative estimate of drug-likeness (QED) is 0.131. The zero-order valence-electron chi connectivity index (χ0n) is 29.9. The third-order valence-electron chi connectivity index (χ3n) is 9.46. The SMILES string of the molecule is CC(C)(C)c1cccc(-[n+]2[c-]n(-c3cc(Oc4ccc5c6cc(-c7ccccc7)ccc6n(-c6cc(C(C)(C)C)ccn6)c5c4)ccn3)cc2)c1. The van der Waals surface area contributed by atoms with Gasteiger partial charge in [0.15, 0.2) is 5.82 Å². The van der Waals surface area contributed by atoms with Gasteiger partial charge in [0.1, 0.15) is 17.3 Å². The first kappa shape index (κ1) is 32.2. The Kier molecular flexibility index (Phi) is 7.83. The molecular formula is C45H41N5O. The largest absolute Gasteiger partial charge is 0.458 e. The molecule has 0 aliphatic rings. The van der Waals surface area contributed by atoms with Gasteiger partial charge in [0, 0.05) is 47.7 Å². The summed E-state index contributed by atoms with van der Waals surface area (Å²) >= 11 is 0. The second-order valence-corrected chi connectivity index (χ2v) is 15.2. The maximum atomic E-state index is 6.54. The standard InChI is InChI=1S/C45H41N5O/c1-44(2,3)33-13-10-14-35(26-33)48-23-24-49(30-48)42-29-37(20-22-46-42)51-36-16-17-38-39-25-32(31-11-8-7-9-12-31)15-18-40(39)50(41(38)28-36)43-27-34(19-21-47-43)45(4,5)6/h7-29H,1-6H3. The molecule has 0 aliphatic heterocycles. The average molecular weight is 668 g/mol. The van der Waals surface area contributed by atoms with E-state index < -0.39 is 0 Å². The van der Waals surface area contributed by atoms with E-state index in [-0.39, 0.29) is 10.8 Å². The van der Waals surface area contributed by atoms with Gasteiger partial charge < -0.3 is 4.74 Å². The molecule has 4 aromatic heterocycles. The van der Waals surface area contributed by atoms with Gasteiger partial charge in [0.25, 0.3) is 6.33 Å². The van der Waals surface area contributed by atoms with Crippen LogP contribution in [0, 0.1) is 6.33 Å². The molecule has 252 valence electrons. The third-order valence-corrected chi connectivity index (χ3v) is 9.46. The van der Waals surface area contributed by atoms with E-state index in [0.717, 1.165) is 39.1 Å². The predicted octanol–water partition coefficient (Wildman–Crippen LogP) is 10.5. The molecule has 4 aromatic carbocycles. The Balaban J connectivity index is 1.18. The Labute approximate surface area is 299 Å².